The quantitative estimate of drug-likeness (QED) is 0.300. The van der Waals surface area contributed by atoms with Crippen molar-refractivity contribution in [1.82, 2.24) is 4.90 Å². The third-order valence-corrected chi connectivity index (χ3v) is 3.47. The van der Waals surface area contributed by atoms with Gasteiger partial charge in [-0.2, -0.15) is 0 Å². The largest absolute Gasteiger partial charge is 0.409 e. The van der Waals surface area contributed by atoms with Crippen molar-refractivity contribution >= 4 is 11.7 Å². The Hall–Kier alpha value is -1.26. The number of nitrogens with two attached hydrogens (primary N) is 1. The molecule has 0 spiro atoms. The van der Waals surface area contributed by atoms with E-state index in [9.17, 15) is 4.79 Å². The van der Waals surface area contributed by atoms with E-state index in [2.05, 4.69) is 12.1 Å². The van der Waals surface area contributed by atoms with Gasteiger partial charge in [0.1, 0.15) is 5.41 Å². The van der Waals surface area contributed by atoms with E-state index in [1.54, 1.807) is 0 Å². The maximum atomic E-state index is 12.1. The van der Waals surface area contributed by atoms with Crippen LogP contribution in [0.5, 0.6) is 0 Å². The van der Waals surface area contributed by atoms with E-state index in [1.807, 2.05) is 4.90 Å². The summed E-state index contributed by atoms with van der Waals surface area (Å²) in [4.78, 5) is 14.0. The predicted octanol–water partition coefficient (Wildman–Crippen LogP) is 0.381. The average molecular weight is 211 g/mol. The second-order valence-corrected chi connectivity index (χ2v) is 4.71. The Morgan fingerprint density at radius 2 is 2.27 bits per heavy atom. The second kappa shape index (κ2) is 3.40. The molecule has 2 aliphatic rings. The number of nitrogens with zero attached hydrogens (tertiary/aromatic N) is 2. The Kier molecular flexibility index (Phi) is 2.32. The first-order valence-corrected chi connectivity index (χ1v) is 5.37. The second-order valence-electron chi connectivity index (χ2n) is 4.71. The summed E-state index contributed by atoms with van der Waals surface area (Å²) in [6, 6.07) is 0. The van der Waals surface area contributed by atoms with Gasteiger partial charge in [0.15, 0.2) is 5.84 Å². The number of carbonyl (C=O) groups is 1. The Balaban J connectivity index is 2.08. The van der Waals surface area contributed by atoms with Crippen molar-refractivity contribution in [2.24, 2.45) is 22.2 Å². The molecule has 1 aliphatic carbocycles. The first kappa shape index (κ1) is 10.3. The highest BCUT2D eigenvalue weighted by Crippen LogP contribution is 2.48. The number of oxime groups is 1. The molecular weight excluding hydrogens is 194 g/mol. The molecule has 84 valence electrons. The van der Waals surface area contributed by atoms with Crippen LogP contribution in [0.2, 0.25) is 0 Å². The summed E-state index contributed by atoms with van der Waals surface area (Å²) in [5, 5.41) is 11.6. The van der Waals surface area contributed by atoms with Crippen molar-refractivity contribution in [1.29, 1.82) is 0 Å². The van der Waals surface area contributed by atoms with Crippen LogP contribution in [0, 0.1) is 11.3 Å². The minimum absolute atomic E-state index is 0.0437. The third-order valence-electron chi connectivity index (χ3n) is 3.47. The van der Waals surface area contributed by atoms with Crippen LogP contribution in [-0.4, -0.2) is 34.9 Å². The van der Waals surface area contributed by atoms with E-state index in [-0.39, 0.29) is 11.7 Å². The van der Waals surface area contributed by atoms with Crippen LogP contribution in [0.3, 0.4) is 0 Å². The zero-order chi connectivity index (χ0) is 11.1. The van der Waals surface area contributed by atoms with Crippen molar-refractivity contribution in [3.8, 4) is 0 Å². The Morgan fingerprint density at radius 1 is 1.60 bits per heavy atom. The normalized spacial score (nSPS) is 29.3. The summed E-state index contributed by atoms with van der Waals surface area (Å²) in [5.41, 5.74) is 4.90. The molecule has 1 saturated carbocycles. The monoisotopic (exact) mass is 211 g/mol. The molecule has 2 rings (SSSR count). The SMILES string of the molecule is CC1CCN(C(=O)C2(C(N)=NO)CC2)C1. The molecule has 2 fully saturated rings. The minimum Gasteiger partial charge on any atom is -0.409 e. The van der Waals surface area contributed by atoms with Gasteiger partial charge >= 0.3 is 0 Å². The lowest BCUT2D eigenvalue weighted by Crippen LogP contribution is -2.42. The standard InChI is InChI=1S/C10H17N3O2/c1-7-2-5-13(6-7)9(14)10(3-4-10)8(11)12-15/h7,15H,2-6H2,1H3,(H2,11,12). The highest BCUT2D eigenvalue weighted by atomic mass is 16.4. The number of hydrogen-bond donors (Lipinski definition) is 2. The number of carbonyl (C=O) groups excluding carboxylic acids is 1. The topological polar surface area (TPSA) is 78.9 Å². The van der Waals surface area contributed by atoms with Gasteiger partial charge in [-0.15, -0.1) is 0 Å². The van der Waals surface area contributed by atoms with Crippen molar-refractivity contribution in [3.63, 3.8) is 0 Å². The molecule has 1 atom stereocenters. The van der Waals surface area contributed by atoms with Gasteiger partial charge in [0, 0.05) is 13.1 Å². The fourth-order valence-electron chi connectivity index (χ4n) is 2.22. The van der Waals surface area contributed by atoms with Crippen LogP contribution >= 0.6 is 0 Å². The number of amidine groups is 1. The Morgan fingerprint density at radius 3 is 2.67 bits per heavy atom. The van der Waals surface area contributed by atoms with Crippen molar-refractivity contribution in [2.75, 3.05) is 13.1 Å². The van der Waals surface area contributed by atoms with Crippen LogP contribution in [0.1, 0.15) is 26.2 Å². The third kappa shape index (κ3) is 1.56. The summed E-state index contributed by atoms with van der Waals surface area (Å²) >= 11 is 0. The molecule has 0 aromatic rings. The van der Waals surface area contributed by atoms with Gasteiger partial charge in [-0.3, -0.25) is 4.79 Å². The summed E-state index contributed by atoms with van der Waals surface area (Å²) < 4.78 is 0. The van der Waals surface area contributed by atoms with E-state index >= 15 is 0 Å². The van der Waals surface area contributed by atoms with Crippen LogP contribution in [0.15, 0.2) is 5.16 Å². The zero-order valence-corrected chi connectivity index (χ0v) is 8.94. The van der Waals surface area contributed by atoms with E-state index in [4.69, 9.17) is 10.9 Å². The smallest absolute Gasteiger partial charge is 0.236 e. The first-order valence-electron chi connectivity index (χ1n) is 5.37. The molecule has 1 aliphatic heterocycles. The molecule has 5 heteroatoms. The van der Waals surface area contributed by atoms with Gasteiger partial charge in [-0.05, 0) is 25.2 Å². The Labute approximate surface area is 88.9 Å². The van der Waals surface area contributed by atoms with Gasteiger partial charge in [0.05, 0.1) is 0 Å². The fourth-order valence-corrected chi connectivity index (χ4v) is 2.22. The predicted molar refractivity (Wildman–Crippen MR) is 55.4 cm³/mol. The molecular formula is C10H17N3O2. The van der Waals surface area contributed by atoms with E-state index < -0.39 is 5.41 Å². The highest BCUT2D eigenvalue weighted by molar-refractivity contribution is 6.09. The molecule has 0 aromatic carbocycles. The molecule has 3 N–H and O–H groups in total. The molecule has 15 heavy (non-hydrogen) atoms. The van der Waals surface area contributed by atoms with Crippen molar-refractivity contribution < 1.29 is 10.0 Å². The van der Waals surface area contributed by atoms with E-state index in [0.29, 0.717) is 18.8 Å². The van der Waals surface area contributed by atoms with Crippen LogP contribution < -0.4 is 5.73 Å². The molecule has 1 amide bonds. The van der Waals surface area contributed by atoms with Crippen LogP contribution in [0.4, 0.5) is 0 Å². The maximum Gasteiger partial charge on any atom is 0.236 e. The molecule has 0 bridgehead atoms. The van der Waals surface area contributed by atoms with Gasteiger partial charge in [-0.25, -0.2) is 0 Å². The lowest BCUT2D eigenvalue weighted by molar-refractivity contribution is -0.133. The summed E-state index contributed by atoms with van der Waals surface area (Å²) in [6.07, 6.45) is 2.48. The van der Waals surface area contributed by atoms with E-state index in [0.717, 1.165) is 19.5 Å². The molecule has 1 unspecified atom stereocenters. The molecule has 0 aromatic heterocycles. The lowest BCUT2D eigenvalue weighted by Gasteiger charge is -2.21. The number of amides is 1. The summed E-state index contributed by atoms with van der Waals surface area (Å²) in [5.74, 6) is 0.686. The minimum atomic E-state index is -0.668. The molecule has 1 saturated heterocycles. The molecule has 5 nitrogen and oxygen atoms in total. The van der Waals surface area contributed by atoms with Crippen molar-refractivity contribution in [3.05, 3.63) is 0 Å². The van der Waals surface area contributed by atoms with Gasteiger partial charge in [0.25, 0.3) is 0 Å². The number of rotatable bonds is 2. The fraction of sp³-hybridized carbons (Fsp3) is 0.800. The van der Waals surface area contributed by atoms with Gasteiger partial charge in [0.2, 0.25) is 5.91 Å². The Bertz CT molecular complexity index is 310. The van der Waals surface area contributed by atoms with Crippen molar-refractivity contribution in [2.45, 2.75) is 26.2 Å². The van der Waals surface area contributed by atoms with Crippen LogP contribution in [-0.2, 0) is 4.79 Å². The molecule has 0 radical (unpaired) electrons. The van der Waals surface area contributed by atoms with Gasteiger partial charge < -0.3 is 15.8 Å². The number of likely N-dealkylation sites (tertiary alicyclic amines) is 1. The summed E-state index contributed by atoms with van der Waals surface area (Å²) in [6.45, 7) is 3.75. The van der Waals surface area contributed by atoms with Crippen LogP contribution in [0.25, 0.3) is 0 Å². The zero-order valence-electron chi connectivity index (χ0n) is 8.94. The van der Waals surface area contributed by atoms with Gasteiger partial charge in [-0.1, -0.05) is 12.1 Å². The highest BCUT2D eigenvalue weighted by Gasteiger charge is 2.56. The molecule has 1 heterocycles. The lowest BCUT2D eigenvalue weighted by atomic mass is 10.0. The maximum absolute atomic E-state index is 12.1. The average Bonchev–Trinajstić information content (AvgIpc) is 2.94. The first-order chi connectivity index (χ1) is 7.10. The van der Waals surface area contributed by atoms with E-state index in [1.165, 1.54) is 0 Å². The number of hydrogen-bond acceptors (Lipinski definition) is 3. The summed E-state index contributed by atoms with van der Waals surface area (Å²) in [7, 11) is 0.